The lowest BCUT2D eigenvalue weighted by molar-refractivity contribution is 0.285. The van der Waals surface area contributed by atoms with Gasteiger partial charge >= 0.3 is 0 Å². The van der Waals surface area contributed by atoms with Gasteiger partial charge < -0.3 is 4.74 Å². The zero-order valence-electron chi connectivity index (χ0n) is 22.5. The summed E-state index contributed by atoms with van der Waals surface area (Å²) in [5, 5.41) is 0. The molecule has 1 nitrogen and oxygen atoms in total. The standard InChI is InChI=1S/C33H38F4O/c1-3-4-5-6-21-38-29-20-19-28(32(36)33(29)37)25-14-9-23(10-15-25)11-16-26-17-18-27(31(35)30(26)34)24-12-7-22(2)8-13-24/h9-10,14-15,17-20,22,24H,3-8,11-13,16,21H2,1-2H3. The summed E-state index contributed by atoms with van der Waals surface area (Å²) in [4.78, 5) is 0. The van der Waals surface area contributed by atoms with Gasteiger partial charge in [0.05, 0.1) is 6.61 Å². The molecule has 0 radical (unpaired) electrons. The highest BCUT2D eigenvalue weighted by Crippen LogP contribution is 2.37. The van der Waals surface area contributed by atoms with Crippen molar-refractivity contribution in [3.05, 3.63) is 88.5 Å². The van der Waals surface area contributed by atoms with Crippen molar-refractivity contribution < 1.29 is 22.3 Å². The van der Waals surface area contributed by atoms with Crippen molar-refractivity contribution in [1.29, 1.82) is 0 Å². The summed E-state index contributed by atoms with van der Waals surface area (Å²) in [7, 11) is 0. The van der Waals surface area contributed by atoms with E-state index in [1.165, 1.54) is 12.1 Å². The van der Waals surface area contributed by atoms with Gasteiger partial charge in [0.1, 0.15) is 0 Å². The highest BCUT2D eigenvalue weighted by molar-refractivity contribution is 5.65. The van der Waals surface area contributed by atoms with Gasteiger partial charge in [0.2, 0.25) is 5.82 Å². The lowest BCUT2D eigenvalue weighted by atomic mass is 9.79. The fourth-order valence-electron chi connectivity index (χ4n) is 5.39. The maximum absolute atomic E-state index is 14.9. The Labute approximate surface area is 224 Å². The molecule has 0 N–H and O–H groups in total. The van der Waals surface area contributed by atoms with Crippen LogP contribution in [0.3, 0.4) is 0 Å². The summed E-state index contributed by atoms with van der Waals surface area (Å²) in [6, 6.07) is 13.6. The van der Waals surface area contributed by atoms with Crippen LogP contribution in [0.25, 0.3) is 11.1 Å². The summed E-state index contributed by atoms with van der Waals surface area (Å²) in [6.45, 7) is 4.68. The van der Waals surface area contributed by atoms with Crippen LogP contribution in [0.15, 0.2) is 48.5 Å². The van der Waals surface area contributed by atoms with Crippen molar-refractivity contribution in [2.75, 3.05) is 6.61 Å². The van der Waals surface area contributed by atoms with E-state index >= 15 is 0 Å². The number of aryl methyl sites for hydroxylation is 2. The van der Waals surface area contributed by atoms with Crippen molar-refractivity contribution >= 4 is 0 Å². The fourth-order valence-corrected chi connectivity index (χ4v) is 5.39. The lowest BCUT2D eigenvalue weighted by Gasteiger charge is -2.27. The molecule has 0 unspecified atom stereocenters. The molecule has 3 aromatic carbocycles. The van der Waals surface area contributed by atoms with Crippen molar-refractivity contribution in [2.45, 2.75) is 84.0 Å². The van der Waals surface area contributed by atoms with Gasteiger partial charge in [-0.15, -0.1) is 0 Å². The van der Waals surface area contributed by atoms with E-state index in [9.17, 15) is 17.6 Å². The number of ether oxygens (including phenoxy) is 1. The normalized spacial score (nSPS) is 17.5. The Hall–Kier alpha value is -2.82. The third-order valence-electron chi connectivity index (χ3n) is 7.90. The first-order valence-electron chi connectivity index (χ1n) is 14.1. The molecule has 0 spiro atoms. The fraction of sp³-hybridized carbons (Fsp3) is 0.455. The highest BCUT2D eigenvalue weighted by Gasteiger charge is 2.24. The van der Waals surface area contributed by atoms with Crippen LogP contribution in [0.4, 0.5) is 17.6 Å². The molecule has 4 rings (SSSR count). The summed E-state index contributed by atoms with van der Waals surface area (Å²) in [5.74, 6) is -2.69. The largest absolute Gasteiger partial charge is 0.490 e. The van der Waals surface area contributed by atoms with Gasteiger partial charge in [-0.1, -0.05) is 82.3 Å². The smallest absolute Gasteiger partial charge is 0.201 e. The molecule has 1 fully saturated rings. The van der Waals surface area contributed by atoms with Gasteiger partial charge in [0, 0.05) is 5.56 Å². The minimum absolute atomic E-state index is 0.0716. The van der Waals surface area contributed by atoms with E-state index in [1.807, 2.05) is 12.1 Å². The van der Waals surface area contributed by atoms with Gasteiger partial charge in [-0.3, -0.25) is 0 Å². The van der Waals surface area contributed by atoms with Crippen molar-refractivity contribution in [3.8, 4) is 16.9 Å². The molecule has 1 aliphatic carbocycles. The molecule has 0 amide bonds. The molecule has 0 heterocycles. The predicted molar refractivity (Wildman–Crippen MR) is 146 cm³/mol. The summed E-state index contributed by atoms with van der Waals surface area (Å²) >= 11 is 0. The van der Waals surface area contributed by atoms with E-state index in [0.717, 1.165) is 56.9 Å². The van der Waals surface area contributed by atoms with Gasteiger partial charge in [0.25, 0.3) is 0 Å². The summed E-state index contributed by atoms with van der Waals surface area (Å²) in [5.41, 5.74) is 2.48. The molecule has 3 aromatic rings. The monoisotopic (exact) mass is 526 g/mol. The molecule has 38 heavy (non-hydrogen) atoms. The predicted octanol–water partition coefficient (Wildman–Crippen LogP) is 9.95. The molecule has 0 saturated heterocycles. The summed E-state index contributed by atoms with van der Waals surface area (Å²) < 4.78 is 64.5. The zero-order chi connectivity index (χ0) is 27.1. The van der Waals surface area contributed by atoms with Crippen LogP contribution in [0.5, 0.6) is 5.75 Å². The second-order valence-electron chi connectivity index (χ2n) is 10.7. The van der Waals surface area contributed by atoms with Crippen LogP contribution in [-0.4, -0.2) is 6.61 Å². The van der Waals surface area contributed by atoms with Crippen LogP contribution in [0.2, 0.25) is 0 Å². The average Bonchev–Trinajstić information content (AvgIpc) is 2.93. The SMILES string of the molecule is CCCCCCOc1ccc(-c2ccc(CCc3ccc(C4CCC(C)CC4)c(F)c3F)cc2)c(F)c1F. The lowest BCUT2D eigenvalue weighted by Crippen LogP contribution is -2.13. The minimum Gasteiger partial charge on any atom is -0.490 e. The first-order chi connectivity index (χ1) is 18.4. The molecular weight excluding hydrogens is 488 g/mol. The molecule has 1 aliphatic rings. The number of halogens is 4. The van der Waals surface area contributed by atoms with E-state index in [0.29, 0.717) is 42.1 Å². The third kappa shape index (κ3) is 6.78. The number of rotatable bonds is 11. The van der Waals surface area contributed by atoms with E-state index in [2.05, 4.69) is 13.8 Å². The van der Waals surface area contributed by atoms with Gasteiger partial charge in [0.15, 0.2) is 23.2 Å². The Morgan fingerprint density at radius 1 is 0.711 bits per heavy atom. The zero-order valence-corrected chi connectivity index (χ0v) is 22.5. The minimum atomic E-state index is -0.981. The molecular formula is C33H38F4O. The second-order valence-corrected chi connectivity index (χ2v) is 10.7. The maximum Gasteiger partial charge on any atom is 0.201 e. The third-order valence-corrected chi connectivity index (χ3v) is 7.90. The molecule has 0 bridgehead atoms. The topological polar surface area (TPSA) is 9.23 Å². The molecule has 0 atom stereocenters. The first kappa shape index (κ1) is 28.2. The second kappa shape index (κ2) is 13.3. The van der Waals surface area contributed by atoms with E-state index in [4.69, 9.17) is 4.74 Å². The summed E-state index contributed by atoms with van der Waals surface area (Å²) in [6.07, 6.45) is 8.78. The number of unbranched alkanes of at least 4 members (excludes halogenated alkanes) is 3. The number of hydrogen-bond acceptors (Lipinski definition) is 1. The Bertz CT molecular complexity index is 1200. The van der Waals surface area contributed by atoms with Crippen molar-refractivity contribution in [1.82, 2.24) is 0 Å². The van der Waals surface area contributed by atoms with Gasteiger partial charge in [-0.05, 0) is 78.3 Å². The van der Waals surface area contributed by atoms with E-state index < -0.39 is 23.3 Å². The highest BCUT2D eigenvalue weighted by atomic mass is 19.2. The molecule has 5 heteroatoms. The van der Waals surface area contributed by atoms with E-state index in [-0.39, 0.29) is 17.2 Å². The number of benzene rings is 3. The average molecular weight is 527 g/mol. The van der Waals surface area contributed by atoms with Crippen LogP contribution in [-0.2, 0) is 12.8 Å². The maximum atomic E-state index is 14.9. The molecule has 1 saturated carbocycles. The first-order valence-corrected chi connectivity index (χ1v) is 14.1. The van der Waals surface area contributed by atoms with Crippen LogP contribution in [0, 0.1) is 29.2 Å². The molecule has 0 aliphatic heterocycles. The van der Waals surface area contributed by atoms with Gasteiger partial charge in [-0.2, -0.15) is 4.39 Å². The Balaban J connectivity index is 1.37. The molecule has 204 valence electrons. The quantitative estimate of drug-likeness (QED) is 0.178. The van der Waals surface area contributed by atoms with Crippen molar-refractivity contribution in [3.63, 3.8) is 0 Å². The van der Waals surface area contributed by atoms with Crippen LogP contribution < -0.4 is 4.74 Å². The Morgan fingerprint density at radius 2 is 1.45 bits per heavy atom. The van der Waals surface area contributed by atoms with Crippen molar-refractivity contribution in [2.24, 2.45) is 5.92 Å². The number of hydrogen-bond donors (Lipinski definition) is 0. The Kier molecular flexibility index (Phi) is 9.87. The van der Waals surface area contributed by atoms with Crippen LogP contribution in [0.1, 0.15) is 87.8 Å². The van der Waals surface area contributed by atoms with Crippen LogP contribution >= 0.6 is 0 Å². The Morgan fingerprint density at radius 3 is 2.16 bits per heavy atom. The van der Waals surface area contributed by atoms with E-state index in [1.54, 1.807) is 24.3 Å². The van der Waals surface area contributed by atoms with Gasteiger partial charge in [-0.25, -0.2) is 13.2 Å². The molecule has 0 aromatic heterocycles.